The summed E-state index contributed by atoms with van der Waals surface area (Å²) in [5.74, 6) is -0.537. The minimum Gasteiger partial charge on any atom is -0.369 e. The van der Waals surface area contributed by atoms with Gasteiger partial charge in [-0.25, -0.2) is 3.93 Å². The quantitative estimate of drug-likeness (QED) is 0.556. The van der Waals surface area contributed by atoms with Crippen LogP contribution in [0.15, 0.2) is 0 Å². The molecule has 2 N–H and O–H groups in total. The Morgan fingerprint density at radius 1 is 1.36 bits per heavy atom. The number of nitrogens with two attached hydrogens (primary N) is 1. The summed E-state index contributed by atoms with van der Waals surface area (Å²) in [4.78, 5) is 30.8. The number of amides is 3. The van der Waals surface area contributed by atoms with E-state index in [1.165, 1.54) is 0 Å². The maximum Gasteiger partial charge on any atom is 0.239 e. The summed E-state index contributed by atoms with van der Waals surface area (Å²) in [7, 11) is 0. The van der Waals surface area contributed by atoms with Gasteiger partial charge in [0, 0.05) is 18.8 Å². The van der Waals surface area contributed by atoms with Crippen molar-refractivity contribution in [3.63, 3.8) is 0 Å². The predicted octanol–water partition coefficient (Wildman–Crippen LogP) is 0.573. The highest BCUT2D eigenvalue weighted by atomic mass is 79.9. The molecule has 1 rings (SSSR count). The number of nitrogens with zero attached hydrogens (tertiary/aromatic N) is 1. The van der Waals surface area contributed by atoms with Gasteiger partial charge in [0.05, 0.1) is 16.1 Å². The molecule has 0 atom stereocenters. The van der Waals surface area contributed by atoms with Crippen LogP contribution in [0.25, 0.3) is 0 Å². The van der Waals surface area contributed by atoms with Crippen LogP contribution in [0.4, 0.5) is 0 Å². The van der Waals surface area contributed by atoms with Gasteiger partial charge in [0.2, 0.25) is 17.7 Å². The van der Waals surface area contributed by atoms with Crippen LogP contribution < -0.4 is 5.73 Å². The summed E-state index contributed by atoms with van der Waals surface area (Å²) in [6.07, 6.45) is 0.703. The van der Waals surface area contributed by atoms with Crippen LogP contribution in [0.3, 0.4) is 0 Å². The van der Waals surface area contributed by atoms with Crippen molar-refractivity contribution in [1.82, 2.24) is 3.93 Å². The lowest BCUT2D eigenvalue weighted by atomic mass is 10.2. The molecular formula is C8H13BrN2O3. The average molecular weight is 265 g/mol. The van der Waals surface area contributed by atoms with E-state index in [1.54, 1.807) is 13.8 Å². The molecule has 14 heavy (non-hydrogen) atoms. The van der Waals surface area contributed by atoms with Crippen molar-refractivity contribution in [1.29, 1.82) is 0 Å². The molecule has 0 radical (unpaired) electrons. The molecule has 0 aromatic rings. The first-order chi connectivity index (χ1) is 6.36. The van der Waals surface area contributed by atoms with Crippen molar-refractivity contribution >= 4 is 33.9 Å². The Morgan fingerprint density at radius 2 is 1.64 bits per heavy atom. The number of halogens is 1. The van der Waals surface area contributed by atoms with E-state index in [1.807, 2.05) is 0 Å². The minimum absolute atomic E-state index is 0.00926. The van der Waals surface area contributed by atoms with Gasteiger partial charge in [-0.2, -0.15) is 0 Å². The third-order valence-corrected chi connectivity index (χ3v) is 2.35. The molecule has 0 aliphatic carbocycles. The Labute approximate surface area is 91.0 Å². The molecular weight excluding hydrogens is 252 g/mol. The zero-order valence-electron chi connectivity index (χ0n) is 8.12. The zero-order chi connectivity index (χ0) is 11.3. The lowest BCUT2D eigenvalue weighted by Crippen LogP contribution is -2.17. The van der Waals surface area contributed by atoms with E-state index in [0.29, 0.717) is 12.8 Å². The van der Waals surface area contributed by atoms with Crippen LogP contribution >= 0.6 is 16.1 Å². The SMILES string of the molecule is CC(C)C(N)=O.O=C1CCC(=O)N1Br. The van der Waals surface area contributed by atoms with E-state index in [4.69, 9.17) is 5.73 Å². The average Bonchev–Trinajstić information content (AvgIpc) is 2.37. The molecule has 0 bridgehead atoms. The van der Waals surface area contributed by atoms with Crippen LogP contribution in [0.1, 0.15) is 26.7 Å². The van der Waals surface area contributed by atoms with Crippen molar-refractivity contribution in [2.45, 2.75) is 26.7 Å². The van der Waals surface area contributed by atoms with E-state index >= 15 is 0 Å². The molecule has 80 valence electrons. The first-order valence-corrected chi connectivity index (χ1v) is 4.88. The fourth-order valence-corrected chi connectivity index (χ4v) is 0.904. The van der Waals surface area contributed by atoms with Gasteiger partial charge in [0.1, 0.15) is 0 Å². The van der Waals surface area contributed by atoms with E-state index < -0.39 is 0 Å². The Bertz CT molecular complexity index is 237. The summed E-state index contributed by atoms with van der Waals surface area (Å²) < 4.78 is 0.979. The maximum absolute atomic E-state index is 10.4. The standard InChI is InChI=1S/C4H4BrNO2.C4H9NO/c5-6-3(7)1-2-4(6)8;1-3(2)4(5)6/h1-2H2;3H,1-2H3,(H2,5,6). The zero-order valence-corrected chi connectivity index (χ0v) is 9.70. The second-order valence-electron chi connectivity index (χ2n) is 3.13. The van der Waals surface area contributed by atoms with Crippen LogP contribution in [-0.2, 0) is 14.4 Å². The van der Waals surface area contributed by atoms with Gasteiger partial charge in [-0.1, -0.05) is 13.8 Å². The van der Waals surface area contributed by atoms with Crippen LogP contribution in [0.2, 0.25) is 0 Å². The molecule has 0 aromatic carbocycles. The summed E-state index contributed by atoms with van der Waals surface area (Å²) in [5.41, 5.74) is 4.80. The van der Waals surface area contributed by atoms with Crippen molar-refractivity contribution in [2.75, 3.05) is 0 Å². The maximum atomic E-state index is 10.4. The number of primary amides is 1. The Balaban J connectivity index is 0.000000255. The fourth-order valence-electron chi connectivity index (χ4n) is 0.549. The number of rotatable bonds is 1. The van der Waals surface area contributed by atoms with Gasteiger partial charge in [0.25, 0.3) is 0 Å². The van der Waals surface area contributed by atoms with Crippen molar-refractivity contribution in [3.8, 4) is 0 Å². The molecule has 1 fully saturated rings. The number of carbonyl (C=O) groups is 3. The van der Waals surface area contributed by atoms with Crippen LogP contribution in [-0.4, -0.2) is 21.6 Å². The van der Waals surface area contributed by atoms with Crippen molar-refractivity contribution in [2.24, 2.45) is 11.7 Å². The van der Waals surface area contributed by atoms with Gasteiger partial charge < -0.3 is 5.73 Å². The van der Waals surface area contributed by atoms with Crippen LogP contribution in [0.5, 0.6) is 0 Å². The molecule has 1 aliphatic heterocycles. The molecule has 5 nitrogen and oxygen atoms in total. The molecule has 3 amide bonds. The molecule has 1 aliphatic rings. The molecule has 0 saturated carbocycles. The van der Waals surface area contributed by atoms with Crippen LogP contribution in [0, 0.1) is 5.92 Å². The van der Waals surface area contributed by atoms with Gasteiger partial charge in [-0.3, -0.25) is 14.4 Å². The largest absolute Gasteiger partial charge is 0.369 e. The number of hydrogen-bond donors (Lipinski definition) is 1. The second-order valence-corrected chi connectivity index (χ2v) is 3.83. The molecule has 6 heteroatoms. The molecule has 1 saturated heterocycles. The summed E-state index contributed by atoms with van der Waals surface area (Å²) in [5, 5.41) is 0. The van der Waals surface area contributed by atoms with Crippen molar-refractivity contribution < 1.29 is 14.4 Å². The number of hydrogen-bond acceptors (Lipinski definition) is 3. The van der Waals surface area contributed by atoms with Gasteiger partial charge in [-0.15, -0.1) is 0 Å². The highest BCUT2D eigenvalue weighted by molar-refractivity contribution is 9.08. The lowest BCUT2D eigenvalue weighted by Gasteiger charge is -1.97. The van der Waals surface area contributed by atoms with Gasteiger partial charge >= 0.3 is 0 Å². The van der Waals surface area contributed by atoms with E-state index in [-0.39, 0.29) is 23.6 Å². The molecule has 0 aromatic heterocycles. The Hall–Kier alpha value is -0.910. The Kier molecular flexibility index (Phi) is 5.37. The molecule has 1 heterocycles. The van der Waals surface area contributed by atoms with E-state index in [9.17, 15) is 14.4 Å². The monoisotopic (exact) mass is 264 g/mol. The summed E-state index contributed by atoms with van der Waals surface area (Å²) in [6.45, 7) is 3.53. The van der Waals surface area contributed by atoms with E-state index in [0.717, 1.165) is 3.93 Å². The Morgan fingerprint density at radius 3 is 1.71 bits per heavy atom. The normalized spacial score (nSPS) is 15.6. The first-order valence-electron chi connectivity index (χ1n) is 4.17. The first kappa shape index (κ1) is 13.1. The number of imide groups is 1. The van der Waals surface area contributed by atoms with Gasteiger partial charge in [-0.05, 0) is 0 Å². The lowest BCUT2D eigenvalue weighted by molar-refractivity contribution is -0.131. The van der Waals surface area contributed by atoms with Gasteiger partial charge in [0.15, 0.2) is 0 Å². The predicted molar refractivity (Wildman–Crippen MR) is 54.0 cm³/mol. The summed E-state index contributed by atoms with van der Waals surface area (Å²) >= 11 is 2.80. The third kappa shape index (κ3) is 4.36. The van der Waals surface area contributed by atoms with Crippen molar-refractivity contribution in [3.05, 3.63) is 0 Å². The fraction of sp³-hybridized carbons (Fsp3) is 0.625. The minimum atomic E-state index is -0.241. The smallest absolute Gasteiger partial charge is 0.239 e. The second kappa shape index (κ2) is 5.74. The number of carbonyl (C=O) groups excluding carboxylic acids is 3. The summed E-state index contributed by atoms with van der Waals surface area (Å²) in [6, 6.07) is 0. The highest BCUT2D eigenvalue weighted by Gasteiger charge is 2.26. The molecule has 0 unspecified atom stereocenters. The highest BCUT2D eigenvalue weighted by Crippen LogP contribution is 2.14. The topological polar surface area (TPSA) is 80.5 Å². The third-order valence-electron chi connectivity index (χ3n) is 1.56. The molecule has 0 spiro atoms. The van der Waals surface area contributed by atoms with E-state index in [2.05, 4.69) is 16.1 Å².